The molecule has 0 aliphatic rings. The Morgan fingerprint density at radius 2 is 1.27 bits per heavy atom. The zero-order chi connectivity index (χ0) is 24.8. The summed E-state index contributed by atoms with van der Waals surface area (Å²) in [6, 6.07) is 6.56. The van der Waals surface area contributed by atoms with Crippen molar-refractivity contribution >= 4 is 27.5 Å². The summed E-state index contributed by atoms with van der Waals surface area (Å²) in [6.07, 6.45) is -15.6. The molecule has 0 spiro atoms. The molecule has 1 amide bonds. The van der Waals surface area contributed by atoms with Crippen LogP contribution in [0.3, 0.4) is 0 Å². The summed E-state index contributed by atoms with van der Waals surface area (Å²) in [4.78, 5) is 12.5. The van der Waals surface area contributed by atoms with Gasteiger partial charge in [0, 0.05) is 15.7 Å². The molecule has 0 bridgehead atoms. The number of halogens is 10. The number of furan rings is 1. The molecule has 176 valence electrons. The van der Waals surface area contributed by atoms with E-state index < -0.39 is 52.6 Å². The van der Waals surface area contributed by atoms with Crippen molar-refractivity contribution in [3.8, 4) is 11.3 Å². The quantitative estimate of drug-likeness (QED) is 0.338. The predicted octanol–water partition coefficient (Wildman–Crippen LogP) is 8.02. The highest BCUT2D eigenvalue weighted by Crippen LogP contribution is 2.40. The molecule has 33 heavy (non-hydrogen) atoms. The van der Waals surface area contributed by atoms with Crippen LogP contribution >= 0.6 is 15.9 Å². The third-order valence-corrected chi connectivity index (χ3v) is 4.74. The number of hydrogen-bond acceptors (Lipinski definition) is 2. The first kappa shape index (κ1) is 24.7. The van der Waals surface area contributed by atoms with E-state index in [0.717, 1.165) is 0 Å². The molecule has 0 saturated carbocycles. The molecule has 1 aromatic heterocycles. The van der Waals surface area contributed by atoms with Crippen molar-refractivity contribution in [1.82, 2.24) is 0 Å². The van der Waals surface area contributed by atoms with Gasteiger partial charge < -0.3 is 9.73 Å². The van der Waals surface area contributed by atoms with Gasteiger partial charge in [-0.25, -0.2) is 0 Å². The summed E-state index contributed by atoms with van der Waals surface area (Å²) < 4.78 is 123. The van der Waals surface area contributed by atoms with Gasteiger partial charge in [-0.2, -0.15) is 39.5 Å². The maximum absolute atomic E-state index is 13.4. The minimum absolute atomic E-state index is 0.140. The molecule has 0 unspecified atom stereocenters. The smallest absolute Gasteiger partial charge is 0.450 e. The molecule has 3 aromatic rings. The first-order valence-corrected chi connectivity index (χ1v) is 9.43. The molecule has 3 nitrogen and oxygen atoms in total. The molecule has 1 N–H and O–H groups in total. The van der Waals surface area contributed by atoms with E-state index >= 15 is 0 Å². The Bertz CT molecular complexity index is 1140. The van der Waals surface area contributed by atoms with Gasteiger partial charge in [0.05, 0.1) is 16.7 Å². The van der Waals surface area contributed by atoms with Gasteiger partial charge in [0.25, 0.3) is 5.91 Å². The SMILES string of the molecule is O=C(Nc1cc(C(F)(F)F)cc(C(F)(F)F)c1)c1cc(-c2ccc(Br)cc2)oc1C(F)(F)F. The second kappa shape index (κ2) is 8.43. The first-order chi connectivity index (χ1) is 15.1. The van der Waals surface area contributed by atoms with Gasteiger partial charge in [-0.1, -0.05) is 28.1 Å². The summed E-state index contributed by atoms with van der Waals surface area (Å²) in [6.45, 7) is 0. The van der Waals surface area contributed by atoms with Crippen molar-refractivity contribution in [3.63, 3.8) is 0 Å². The monoisotopic (exact) mass is 545 g/mol. The van der Waals surface area contributed by atoms with Gasteiger partial charge >= 0.3 is 18.5 Å². The molecule has 1 heterocycles. The minimum atomic E-state index is -5.21. The first-order valence-electron chi connectivity index (χ1n) is 8.63. The van der Waals surface area contributed by atoms with Crippen LogP contribution in [0.1, 0.15) is 27.2 Å². The van der Waals surface area contributed by atoms with Crippen molar-refractivity contribution in [2.75, 3.05) is 5.32 Å². The molecule has 0 fully saturated rings. The van der Waals surface area contributed by atoms with Gasteiger partial charge in [-0.3, -0.25) is 4.79 Å². The average Bonchev–Trinajstić information content (AvgIpc) is 3.13. The minimum Gasteiger partial charge on any atom is -0.451 e. The maximum Gasteiger partial charge on any atom is 0.450 e. The lowest BCUT2D eigenvalue weighted by Crippen LogP contribution is -2.18. The Morgan fingerprint density at radius 3 is 1.73 bits per heavy atom. The van der Waals surface area contributed by atoms with Crippen molar-refractivity contribution in [3.05, 3.63) is 75.5 Å². The highest BCUT2D eigenvalue weighted by atomic mass is 79.9. The number of hydrogen-bond donors (Lipinski definition) is 1. The predicted molar refractivity (Wildman–Crippen MR) is 101 cm³/mol. The molecular formula is C20H9BrF9NO2. The molecule has 0 saturated heterocycles. The van der Waals surface area contributed by atoms with E-state index in [4.69, 9.17) is 4.42 Å². The summed E-state index contributed by atoms with van der Waals surface area (Å²) >= 11 is 3.13. The highest BCUT2D eigenvalue weighted by molar-refractivity contribution is 9.10. The van der Waals surface area contributed by atoms with Gasteiger partial charge in [0.2, 0.25) is 5.76 Å². The third kappa shape index (κ3) is 5.70. The van der Waals surface area contributed by atoms with Crippen LogP contribution in [0.25, 0.3) is 11.3 Å². The van der Waals surface area contributed by atoms with E-state index in [1.54, 1.807) is 5.32 Å². The highest BCUT2D eigenvalue weighted by Gasteiger charge is 2.41. The fourth-order valence-corrected chi connectivity index (χ4v) is 3.02. The number of carbonyl (C=O) groups is 1. The molecule has 2 aromatic carbocycles. The zero-order valence-electron chi connectivity index (χ0n) is 15.7. The number of nitrogens with one attached hydrogen (secondary N) is 1. The molecular weight excluding hydrogens is 537 g/mol. The van der Waals surface area contributed by atoms with Crippen LogP contribution in [-0.2, 0) is 18.5 Å². The largest absolute Gasteiger partial charge is 0.451 e. The number of carbonyl (C=O) groups excluding carboxylic acids is 1. The fraction of sp³-hybridized carbons (Fsp3) is 0.150. The summed E-state index contributed by atoms with van der Waals surface area (Å²) in [5.41, 5.74) is -5.47. The second-order valence-electron chi connectivity index (χ2n) is 6.61. The molecule has 0 aliphatic carbocycles. The van der Waals surface area contributed by atoms with Gasteiger partial charge in [-0.05, 0) is 36.4 Å². The molecule has 0 atom stereocenters. The third-order valence-electron chi connectivity index (χ3n) is 4.21. The van der Waals surface area contributed by atoms with E-state index in [9.17, 15) is 44.3 Å². The number of benzene rings is 2. The van der Waals surface area contributed by atoms with E-state index in [1.807, 2.05) is 0 Å². The van der Waals surface area contributed by atoms with Crippen LogP contribution in [0, 0.1) is 0 Å². The van der Waals surface area contributed by atoms with Crippen LogP contribution < -0.4 is 5.32 Å². The van der Waals surface area contributed by atoms with Crippen LogP contribution in [0.4, 0.5) is 45.2 Å². The lowest BCUT2D eigenvalue weighted by atomic mass is 10.1. The number of alkyl halides is 9. The zero-order valence-corrected chi connectivity index (χ0v) is 17.3. The maximum atomic E-state index is 13.4. The second-order valence-corrected chi connectivity index (χ2v) is 7.52. The van der Waals surface area contributed by atoms with Gasteiger partial charge in [0.15, 0.2) is 0 Å². The van der Waals surface area contributed by atoms with Gasteiger partial charge in [-0.15, -0.1) is 0 Å². The van der Waals surface area contributed by atoms with Crippen LogP contribution in [0.2, 0.25) is 0 Å². The lowest BCUT2D eigenvalue weighted by molar-refractivity contribution is -0.153. The Hall–Kier alpha value is -2.96. The topological polar surface area (TPSA) is 42.2 Å². The Balaban J connectivity index is 2.04. The van der Waals surface area contributed by atoms with E-state index in [1.165, 1.54) is 24.3 Å². The Morgan fingerprint density at radius 1 is 0.758 bits per heavy atom. The van der Waals surface area contributed by atoms with Crippen LogP contribution in [0.5, 0.6) is 0 Å². The fourth-order valence-electron chi connectivity index (χ4n) is 2.75. The molecule has 0 aliphatic heterocycles. The number of rotatable bonds is 3. The normalized spacial score (nSPS) is 12.7. The lowest BCUT2D eigenvalue weighted by Gasteiger charge is -2.15. The molecule has 13 heteroatoms. The van der Waals surface area contributed by atoms with E-state index in [-0.39, 0.29) is 29.5 Å². The van der Waals surface area contributed by atoms with E-state index in [0.29, 0.717) is 10.5 Å². The number of amides is 1. The summed E-state index contributed by atoms with van der Waals surface area (Å²) in [5.74, 6) is -3.76. The van der Waals surface area contributed by atoms with Crippen molar-refractivity contribution in [2.24, 2.45) is 0 Å². The van der Waals surface area contributed by atoms with Crippen LogP contribution in [0.15, 0.2) is 57.4 Å². The van der Waals surface area contributed by atoms with Crippen molar-refractivity contribution < 1.29 is 48.7 Å². The molecule has 3 rings (SSSR count). The Labute approximate surface area is 187 Å². The standard InChI is InChI=1S/C20H9BrF9NO2/c21-12-3-1-9(2-4-12)15-8-14(16(33-15)20(28,29)30)17(32)31-13-6-10(18(22,23)24)5-11(7-13)19(25,26)27/h1-8H,(H,31,32). The van der Waals surface area contributed by atoms with Crippen LogP contribution in [-0.4, -0.2) is 5.91 Å². The number of anilines is 1. The Kier molecular flexibility index (Phi) is 6.30. The molecule has 0 radical (unpaired) electrons. The average molecular weight is 546 g/mol. The van der Waals surface area contributed by atoms with Crippen molar-refractivity contribution in [2.45, 2.75) is 18.5 Å². The summed E-state index contributed by atoms with van der Waals surface area (Å²) in [7, 11) is 0. The summed E-state index contributed by atoms with van der Waals surface area (Å²) in [5, 5.41) is 1.66. The van der Waals surface area contributed by atoms with E-state index in [2.05, 4.69) is 15.9 Å². The van der Waals surface area contributed by atoms with Crippen molar-refractivity contribution in [1.29, 1.82) is 0 Å². The van der Waals surface area contributed by atoms with Gasteiger partial charge in [0.1, 0.15) is 5.76 Å².